The summed E-state index contributed by atoms with van der Waals surface area (Å²) in [5, 5.41) is 9.11. The highest BCUT2D eigenvalue weighted by Gasteiger charge is 2.47. The van der Waals surface area contributed by atoms with E-state index in [1.165, 1.54) is 0 Å². The maximum Gasteiger partial charge on any atom is 0.127 e. The largest absolute Gasteiger partial charge is 0.341 e. The van der Waals surface area contributed by atoms with E-state index in [4.69, 9.17) is 5.26 Å². The molecule has 0 spiro atoms. The van der Waals surface area contributed by atoms with Gasteiger partial charge in [-0.25, -0.2) is 4.98 Å². The summed E-state index contributed by atoms with van der Waals surface area (Å²) in [5.74, 6) is 0.804. The van der Waals surface area contributed by atoms with Crippen LogP contribution in [0.2, 0.25) is 0 Å². The van der Waals surface area contributed by atoms with Crippen LogP contribution in [0.25, 0.3) is 11.3 Å². The van der Waals surface area contributed by atoms with E-state index in [1.807, 2.05) is 24.3 Å². The number of imidazole rings is 1. The van der Waals surface area contributed by atoms with Crippen molar-refractivity contribution >= 4 is 15.9 Å². The molecule has 1 aliphatic carbocycles. The van der Waals surface area contributed by atoms with Crippen LogP contribution in [-0.4, -0.2) is 9.97 Å². The topological polar surface area (TPSA) is 52.5 Å². The third-order valence-electron chi connectivity index (χ3n) is 3.15. The molecule has 0 aliphatic heterocycles. The van der Waals surface area contributed by atoms with Crippen molar-refractivity contribution in [2.45, 2.75) is 18.3 Å². The third kappa shape index (κ3) is 1.77. The lowest BCUT2D eigenvalue weighted by Gasteiger charge is -2.00. The Labute approximate surface area is 108 Å². The summed E-state index contributed by atoms with van der Waals surface area (Å²) < 4.78 is 1.05. The van der Waals surface area contributed by atoms with Gasteiger partial charge >= 0.3 is 0 Å². The molecule has 0 bridgehead atoms. The molecule has 0 saturated heterocycles. The first-order valence-electron chi connectivity index (χ1n) is 5.46. The number of hydrogen-bond donors (Lipinski definition) is 1. The molecule has 3 rings (SSSR count). The Morgan fingerprint density at radius 1 is 1.29 bits per heavy atom. The van der Waals surface area contributed by atoms with Crippen molar-refractivity contribution in [2.24, 2.45) is 0 Å². The van der Waals surface area contributed by atoms with Crippen molar-refractivity contribution in [2.75, 3.05) is 0 Å². The summed E-state index contributed by atoms with van der Waals surface area (Å²) in [6.07, 6.45) is 3.63. The number of benzene rings is 1. The van der Waals surface area contributed by atoms with Crippen LogP contribution in [0, 0.1) is 11.3 Å². The normalized spacial score (nSPS) is 16.5. The average Bonchev–Trinajstić information content (AvgIpc) is 3.00. The average molecular weight is 288 g/mol. The molecule has 17 heavy (non-hydrogen) atoms. The number of nitrogens with one attached hydrogen (secondary N) is 1. The molecule has 3 nitrogen and oxygen atoms in total. The van der Waals surface area contributed by atoms with E-state index in [1.54, 1.807) is 6.20 Å². The molecule has 1 aromatic heterocycles. The second kappa shape index (κ2) is 3.71. The molecule has 1 heterocycles. The van der Waals surface area contributed by atoms with Gasteiger partial charge in [0.25, 0.3) is 0 Å². The van der Waals surface area contributed by atoms with E-state index in [2.05, 4.69) is 32.0 Å². The van der Waals surface area contributed by atoms with Gasteiger partial charge in [0.2, 0.25) is 0 Å². The highest BCUT2D eigenvalue weighted by molar-refractivity contribution is 9.10. The molecule has 0 unspecified atom stereocenters. The predicted octanol–water partition coefficient (Wildman–Crippen LogP) is 3.39. The van der Waals surface area contributed by atoms with Crippen LogP contribution in [0.15, 0.2) is 34.9 Å². The zero-order valence-corrected chi connectivity index (χ0v) is 10.7. The van der Waals surface area contributed by atoms with Crippen LogP contribution in [0.3, 0.4) is 0 Å². The second-order valence-electron chi connectivity index (χ2n) is 4.35. The zero-order chi connectivity index (χ0) is 11.9. The van der Waals surface area contributed by atoms with E-state index < -0.39 is 0 Å². The molecule has 1 aromatic carbocycles. The standard InChI is InChI=1S/C13H10BrN3/c14-10-3-1-9(2-4-10)11-7-16-12(17-11)13(8-15)5-6-13/h1-4,7H,5-6H2,(H,16,17). The van der Waals surface area contributed by atoms with Gasteiger partial charge in [-0.3, -0.25) is 0 Å². The molecule has 84 valence electrons. The Morgan fingerprint density at radius 2 is 2.00 bits per heavy atom. The van der Waals surface area contributed by atoms with Crippen molar-refractivity contribution in [3.8, 4) is 17.3 Å². The third-order valence-corrected chi connectivity index (χ3v) is 3.68. The minimum absolute atomic E-state index is 0.340. The minimum Gasteiger partial charge on any atom is -0.341 e. The van der Waals surface area contributed by atoms with Crippen molar-refractivity contribution in [1.29, 1.82) is 5.26 Å². The molecule has 1 fully saturated rings. The van der Waals surface area contributed by atoms with E-state index >= 15 is 0 Å². The number of halogens is 1. The maximum absolute atomic E-state index is 9.11. The maximum atomic E-state index is 9.11. The monoisotopic (exact) mass is 287 g/mol. The van der Waals surface area contributed by atoms with Gasteiger partial charge in [0.1, 0.15) is 11.2 Å². The van der Waals surface area contributed by atoms with Gasteiger partial charge in [-0.15, -0.1) is 0 Å². The first kappa shape index (κ1) is 10.5. The lowest BCUT2D eigenvalue weighted by Crippen LogP contribution is -2.04. The lowest BCUT2D eigenvalue weighted by atomic mass is 10.1. The Morgan fingerprint density at radius 3 is 2.59 bits per heavy atom. The molecule has 4 heteroatoms. The number of H-pyrrole nitrogens is 1. The first-order chi connectivity index (χ1) is 8.23. The molecular formula is C13H10BrN3. The van der Waals surface area contributed by atoms with Crippen LogP contribution < -0.4 is 0 Å². The molecule has 1 saturated carbocycles. The SMILES string of the molecule is N#CC1(c2ncc(-c3ccc(Br)cc3)[nH]2)CC1. The summed E-state index contributed by atoms with van der Waals surface area (Å²) >= 11 is 3.41. The Hall–Kier alpha value is -1.60. The van der Waals surface area contributed by atoms with Crippen LogP contribution in [0.4, 0.5) is 0 Å². The summed E-state index contributed by atoms with van der Waals surface area (Å²) in [6, 6.07) is 10.4. The summed E-state index contributed by atoms with van der Waals surface area (Å²) in [4.78, 5) is 7.58. The van der Waals surface area contributed by atoms with Gasteiger partial charge in [-0.2, -0.15) is 5.26 Å². The van der Waals surface area contributed by atoms with Gasteiger partial charge in [0, 0.05) is 4.47 Å². The molecular weight excluding hydrogens is 278 g/mol. The van der Waals surface area contributed by atoms with Gasteiger partial charge in [-0.1, -0.05) is 28.1 Å². The highest BCUT2D eigenvalue weighted by Crippen LogP contribution is 2.46. The molecule has 0 amide bonds. The van der Waals surface area contributed by atoms with E-state index in [0.29, 0.717) is 0 Å². The first-order valence-corrected chi connectivity index (χ1v) is 6.25. The predicted molar refractivity (Wildman–Crippen MR) is 68.2 cm³/mol. The fourth-order valence-corrected chi connectivity index (χ4v) is 2.13. The fraction of sp³-hybridized carbons (Fsp3) is 0.231. The number of aromatic nitrogens is 2. The Bertz CT molecular complexity index is 588. The molecule has 2 aromatic rings. The summed E-state index contributed by atoms with van der Waals surface area (Å²) in [6.45, 7) is 0. The number of aromatic amines is 1. The van der Waals surface area contributed by atoms with Gasteiger partial charge in [0.15, 0.2) is 0 Å². The quantitative estimate of drug-likeness (QED) is 0.920. The van der Waals surface area contributed by atoms with Gasteiger partial charge in [0.05, 0.1) is 18.0 Å². The number of hydrogen-bond acceptors (Lipinski definition) is 2. The van der Waals surface area contributed by atoms with Crippen LogP contribution >= 0.6 is 15.9 Å². The molecule has 1 N–H and O–H groups in total. The molecule has 1 aliphatic rings. The van der Waals surface area contributed by atoms with Crippen LogP contribution in [0.5, 0.6) is 0 Å². The van der Waals surface area contributed by atoms with Crippen molar-refractivity contribution < 1.29 is 0 Å². The second-order valence-corrected chi connectivity index (χ2v) is 5.26. The summed E-state index contributed by atoms with van der Waals surface area (Å²) in [5.41, 5.74) is 1.71. The minimum atomic E-state index is -0.340. The van der Waals surface area contributed by atoms with Crippen LogP contribution in [0.1, 0.15) is 18.7 Å². The fourth-order valence-electron chi connectivity index (χ4n) is 1.87. The number of nitriles is 1. The lowest BCUT2D eigenvalue weighted by molar-refractivity contribution is 0.822. The van der Waals surface area contributed by atoms with Gasteiger partial charge < -0.3 is 4.98 Å². The summed E-state index contributed by atoms with van der Waals surface area (Å²) in [7, 11) is 0. The highest BCUT2D eigenvalue weighted by atomic mass is 79.9. The van der Waals surface area contributed by atoms with Crippen molar-refractivity contribution in [1.82, 2.24) is 9.97 Å². The Balaban J connectivity index is 1.96. The zero-order valence-electron chi connectivity index (χ0n) is 9.07. The van der Waals surface area contributed by atoms with E-state index in [-0.39, 0.29) is 5.41 Å². The van der Waals surface area contributed by atoms with Crippen molar-refractivity contribution in [3.05, 3.63) is 40.8 Å². The number of nitrogens with zero attached hydrogens (tertiary/aromatic N) is 2. The Kier molecular flexibility index (Phi) is 2.30. The van der Waals surface area contributed by atoms with Crippen molar-refractivity contribution in [3.63, 3.8) is 0 Å². The number of rotatable bonds is 2. The van der Waals surface area contributed by atoms with E-state index in [0.717, 1.165) is 34.4 Å². The van der Waals surface area contributed by atoms with E-state index in [9.17, 15) is 0 Å². The van der Waals surface area contributed by atoms with Gasteiger partial charge in [-0.05, 0) is 30.5 Å². The molecule has 0 radical (unpaired) electrons. The molecule has 0 atom stereocenters. The smallest absolute Gasteiger partial charge is 0.127 e. The van der Waals surface area contributed by atoms with Crippen LogP contribution in [-0.2, 0) is 5.41 Å².